The highest BCUT2D eigenvalue weighted by Gasteiger charge is 2.42. The predicted molar refractivity (Wildman–Crippen MR) is 113 cm³/mol. The van der Waals surface area contributed by atoms with Crippen LogP contribution in [0.3, 0.4) is 0 Å². The number of carboxylic acid groups (broad SMARTS) is 1. The largest absolute Gasteiger partial charge is 0.511 e. The van der Waals surface area contributed by atoms with Crippen LogP contribution in [0.15, 0.2) is 47.4 Å². The zero-order chi connectivity index (χ0) is 22.6. The van der Waals surface area contributed by atoms with Gasteiger partial charge in [0.05, 0.1) is 33.9 Å². The number of ether oxygens (including phenoxy) is 1. The van der Waals surface area contributed by atoms with Crippen LogP contribution in [0, 0.1) is 11.7 Å². The molecule has 2 aliphatic rings. The zero-order valence-corrected chi connectivity index (χ0v) is 17.1. The first kappa shape index (κ1) is 21.0. The molecule has 1 aliphatic carbocycles. The van der Waals surface area contributed by atoms with Crippen LogP contribution in [0.1, 0.15) is 13.8 Å². The minimum atomic E-state index is -1.69. The lowest BCUT2D eigenvalue weighted by Gasteiger charge is -2.29. The first-order valence-corrected chi connectivity index (χ1v) is 9.82. The second-order valence-electron chi connectivity index (χ2n) is 8.67. The predicted octanol–water partition coefficient (Wildman–Crippen LogP) is 3.16. The van der Waals surface area contributed by atoms with Gasteiger partial charge in [-0.1, -0.05) is 24.3 Å². The van der Waals surface area contributed by atoms with Gasteiger partial charge in [0.25, 0.3) is 0 Å². The molecule has 2 aromatic rings. The Hall–Kier alpha value is -3.20. The van der Waals surface area contributed by atoms with Gasteiger partial charge in [0.1, 0.15) is 12.5 Å². The van der Waals surface area contributed by atoms with Gasteiger partial charge >= 0.3 is 6.16 Å². The standard InChI is InChI=1S/C22H23F2N3O4/c1-21(2,11-23)27-10-18(31-20(29)30)19(28)14-7-15(24)17(8-16(14)27)26-9-13-5-3-4-6-22(13,25)12-26/h3-8,10,13H,9,11-12,25H2,1-2H3,(H,29,30). The highest BCUT2D eigenvalue weighted by Crippen LogP contribution is 2.37. The highest BCUT2D eigenvalue weighted by atomic mass is 19.1. The molecule has 2 atom stereocenters. The molecule has 1 fully saturated rings. The second kappa shape index (κ2) is 7.19. The molecule has 0 spiro atoms. The molecule has 4 rings (SSSR count). The van der Waals surface area contributed by atoms with Crippen molar-refractivity contribution in [3.8, 4) is 5.75 Å². The van der Waals surface area contributed by atoms with Crippen molar-refractivity contribution < 1.29 is 23.4 Å². The number of aromatic nitrogens is 1. The molecular weight excluding hydrogens is 408 g/mol. The SMILES string of the molecule is CC(C)(CF)n1cc(OC(=O)O)c(=O)c2cc(F)c(N3CC4C=CC=CC4(N)C3)cc21. The van der Waals surface area contributed by atoms with E-state index in [2.05, 4.69) is 4.74 Å². The summed E-state index contributed by atoms with van der Waals surface area (Å²) in [6.45, 7) is 3.21. The fraction of sp³-hybridized carbons (Fsp3) is 0.364. The number of carbonyl (C=O) groups is 1. The summed E-state index contributed by atoms with van der Waals surface area (Å²) >= 11 is 0. The molecule has 2 heterocycles. The number of hydrogen-bond acceptors (Lipinski definition) is 5. The van der Waals surface area contributed by atoms with E-state index < -0.39 is 40.9 Å². The summed E-state index contributed by atoms with van der Waals surface area (Å²) in [4.78, 5) is 25.6. The molecule has 7 nitrogen and oxygen atoms in total. The number of nitrogens with two attached hydrogens (primary N) is 1. The molecule has 1 aromatic heterocycles. The van der Waals surface area contributed by atoms with E-state index in [0.29, 0.717) is 13.1 Å². The van der Waals surface area contributed by atoms with Crippen LogP contribution in [-0.2, 0) is 5.54 Å². The van der Waals surface area contributed by atoms with Crippen LogP contribution in [0.4, 0.5) is 19.3 Å². The third-order valence-electron chi connectivity index (χ3n) is 5.99. The summed E-state index contributed by atoms with van der Waals surface area (Å²) in [5.74, 6) is -1.17. The number of rotatable bonds is 4. The van der Waals surface area contributed by atoms with Crippen LogP contribution >= 0.6 is 0 Å². The monoisotopic (exact) mass is 431 g/mol. The third-order valence-corrected chi connectivity index (χ3v) is 5.99. The Kier molecular flexibility index (Phi) is 4.88. The van der Waals surface area contributed by atoms with E-state index in [1.54, 1.807) is 18.7 Å². The molecule has 0 amide bonds. The van der Waals surface area contributed by atoms with Crippen molar-refractivity contribution in [3.63, 3.8) is 0 Å². The number of hydrogen-bond donors (Lipinski definition) is 2. The number of allylic oxidation sites excluding steroid dienone is 2. The van der Waals surface area contributed by atoms with Gasteiger partial charge in [-0.2, -0.15) is 0 Å². The van der Waals surface area contributed by atoms with Gasteiger partial charge < -0.3 is 25.0 Å². The van der Waals surface area contributed by atoms with Gasteiger partial charge in [-0.3, -0.25) is 4.79 Å². The number of pyridine rings is 1. The Balaban J connectivity index is 1.91. The maximum absolute atomic E-state index is 15.2. The van der Waals surface area contributed by atoms with Gasteiger partial charge in [-0.25, -0.2) is 13.6 Å². The molecule has 0 saturated carbocycles. The van der Waals surface area contributed by atoms with Gasteiger partial charge in [0, 0.05) is 19.0 Å². The van der Waals surface area contributed by atoms with E-state index in [0.717, 1.165) is 12.3 Å². The molecule has 164 valence electrons. The summed E-state index contributed by atoms with van der Waals surface area (Å²) < 4.78 is 35.0. The lowest BCUT2D eigenvalue weighted by atomic mass is 9.85. The summed E-state index contributed by atoms with van der Waals surface area (Å²) in [7, 11) is 0. The van der Waals surface area contributed by atoms with Crippen LogP contribution in [0.2, 0.25) is 0 Å². The van der Waals surface area contributed by atoms with Crippen molar-refractivity contribution in [1.82, 2.24) is 4.57 Å². The Morgan fingerprint density at radius 1 is 1.39 bits per heavy atom. The van der Waals surface area contributed by atoms with E-state index in [1.807, 2.05) is 24.3 Å². The maximum atomic E-state index is 15.2. The number of anilines is 1. The Bertz CT molecular complexity index is 1190. The fourth-order valence-electron chi connectivity index (χ4n) is 4.24. The molecule has 1 aliphatic heterocycles. The van der Waals surface area contributed by atoms with Gasteiger partial charge in [0.15, 0.2) is 5.75 Å². The Labute approximate surface area is 177 Å². The van der Waals surface area contributed by atoms with Crippen LogP contribution in [-0.4, -0.2) is 41.1 Å². The molecular formula is C22H23F2N3O4. The van der Waals surface area contributed by atoms with Crippen molar-refractivity contribution in [2.45, 2.75) is 24.9 Å². The minimum Gasteiger partial charge on any atom is -0.449 e. The highest BCUT2D eigenvalue weighted by molar-refractivity contribution is 5.85. The average molecular weight is 431 g/mol. The van der Waals surface area contributed by atoms with Crippen molar-refractivity contribution in [2.24, 2.45) is 11.7 Å². The van der Waals surface area contributed by atoms with E-state index in [-0.39, 0.29) is 22.5 Å². The molecule has 0 radical (unpaired) electrons. The first-order valence-electron chi connectivity index (χ1n) is 9.82. The lowest BCUT2D eigenvalue weighted by Crippen LogP contribution is -2.46. The summed E-state index contributed by atoms with van der Waals surface area (Å²) in [6, 6.07) is 2.53. The fourth-order valence-corrected chi connectivity index (χ4v) is 4.24. The Morgan fingerprint density at radius 2 is 2.13 bits per heavy atom. The molecule has 0 bridgehead atoms. The van der Waals surface area contributed by atoms with Gasteiger partial charge in [0.2, 0.25) is 5.43 Å². The quantitative estimate of drug-likeness (QED) is 0.722. The third kappa shape index (κ3) is 3.48. The lowest BCUT2D eigenvalue weighted by molar-refractivity contribution is 0.143. The van der Waals surface area contributed by atoms with Gasteiger partial charge in [-0.15, -0.1) is 0 Å². The summed E-state index contributed by atoms with van der Waals surface area (Å²) in [6.07, 6.45) is 7.11. The minimum absolute atomic E-state index is 0.00316. The normalized spacial score (nSPS) is 22.7. The summed E-state index contributed by atoms with van der Waals surface area (Å²) in [5, 5.41) is 8.84. The number of fused-ring (bicyclic) bond motifs is 2. The van der Waals surface area contributed by atoms with E-state index >= 15 is 4.39 Å². The van der Waals surface area contributed by atoms with Crippen molar-refractivity contribution in [3.05, 3.63) is 58.7 Å². The number of halogens is 2. The number of nitrogens with zero attached hydrogens (tertiary/aromatic N) is 2. The van der Waals surface area contributed by atoms with Crippen LogP contribution in [0.25, 0.3) is 10.9 Å². The molecule has 3 N–H and O–H groups in total. The number of benzene rings is 1. The molecule has 1 aromatic carbocycles. The van der Waals surface area contributed by atoms with E-state index in [1.165, 1.54) is 10.6 Å². The van der Waals surface area contributed by atoms with Gasteiger partial charge in [-0.05, 0) is 26.0 Å². The topological polar surface area (TPSA) is 97.8 Å². The molecule has 31 heavy (non-hydrogen) atoms. The smallest absolute Gasteiger partial charge is 0.449 e. The first-order chi connectivity index (χ1) is 14.6. The van der Waals surface area contributed by atoms with Crippen molar-refractivity contribution in [2.75, 3.05) is 24.7 Å². The van der Waals surface area contributed by atoms with E-state index in [9.17, 15) is 14.0 Å². The Morgan fingerprint density at radius 3 is 2.77 bits per heavy atom. The van der Waals surface area contributed by atoms with Crippen LogP contribution < -0.4 is 20.8 Å². The molecule has 9 heteroatoms. The number of alkyl halides is 1. The van der Waals surface area contributed by atoms with Crippen LogP contribution in [0.5, 0.6) is 5.75 Å². The maximum Gasteiger partial charge on any atom is 0.511 e. The molecule has 1 saturated heterocycles. The summed E-state index contributed by atoms with van der Waals surface area (Å²) in [5.41, 5.74) is 4.44. The molecule has 2 unspecified atom stereocenters. The van der Waals surface area contributed by atoms with Crippen molar-refractivity contribution in [1.29, 1.82) is 0 Å². The second-order valence-corrected chi connectivity index (χ2v) is 8.67. The average Bonchev–Trinajstić information content (AvgIpc) is 3.06. The van der Waals surface area contributed by atoms with E-state index in [4.69, 9.17) is 10.8 Å². The zero-order valence-electron chi connectivity index (χ0n) is 17.1. The van der Waals surface area contributed by atoms with Crippen molar-refractivity contribution >= 4 is 22.7 Å².